The summed E-state index contributed by atoms with van der Waals surface area (Å²) in [6.07, 6.45) is -2.61. The van der Waals surface area contributed by atoms with E-state index >= 15 is 0 Å². The predicted octanol–water partition coefficient (Wildman–Crippen LogP) is 2.72. The number of aryl methyl sites for hydroxylation is 1. The van der Waals surface area contributed by atoms with E-state index in [1.54, 1.807) is 6.92 Å². The summed E-state index contributed by atoms with van der Waals surface area (Å²) in [5, 5.41) is 20.9. The van der Waals surface area contributed by atoms with Crippen molar-refractivity contribution in [2.75, 3.05) is 11.9 Å². The summed E-state index contributed by atoms with van der Waals surface area (Å²) < 4.78 is 38.0. The lowest BCUT2D eigenvalue weighted by Crippen LogP contribution is -2.39. The normalized spacial score (nSPS) is 20.2. The molecule has 1 aliphatic rings. The van der Waals surface area contributed by atoms with Crippen LogP contribution in [-0.4, -0.2) is 32.9 Å². The molecule has 25 heavy (non-hydrogen) atoms. The number of nitrogens with two attached hydrogens (primary N) is 1. The molecule has 134 valence electrons. The minimum absolute atomic E-state index is 0.155. The number of nitrogens with one attached hydrogen (secondary N) is 1. The lowest BCUT2D eigenvalue weighted by atomic mass is 9.81. The largest absolute Gasteiger partial charge is 0.507 e. The maximum Gasteiger partial charge on any atom is 0.416 e. The van der Waals surface area contributed by atoms with E-state index < -0.39 is 17.5 Å². The molecular formula is C16H18F3N5O. The molecule has 1 aromatic heterocycles. The molecule has 1 aliphatic carbocycles. The molecule has 0 saturated heterocycles. The van der Waals surface area contributed by atoms with Gasteiger partial charge in [0.15, 0.2) is 0 Å². The molecule has 0 bridgehead atoms. The topological polar surface area (TPSA) is 97.0 Å². The molecule has 0 unspecified atom stereocenters. The van der Waals surface area contributed by atoms with E-state index in [2.05, 4.69) is 20.5 Å². The Balaban J connectivity index is 1.76. The van der Waals surface area contributed by atoms with Gasteiger partial charge >= 0.3 is 6.18 Å². The summed E-state index contributed by atoms with van der Waals surface area (Å²) in [7, 11) is 0. The van der Waals surface area contributed by atoms with Crippen LogP contribution in [0.15, 0.2) is 18.2 Å². The van der Waals surface area contributed by atoms with Crippen LogP contribution in [0.5, 0.6) is 5.75 Å². The summed E-state index contributed by atoms with van der Waals surface area (Å²) in [6.45, 7) is 2.35. The Hall–Kier alpha value is -2.42. The predicted molar refractivity (Wildman–Crippen MR) is 85.9 cm³/mol. The van der Waals surface area contributed by atoms with Gasteiger partial charge in [0.25, 0.3) is 0 Å². The zero-order valence-corrected chi connectivity index (χ0v) is 13.5. The van der Waals surface area contributed by atoms with E-state index in [1.807, 2.05) is 0 Å². The van der Waals surface area contributed by atoms with Crippen LogP contribution in [0.3, 0.4) is 0 Å². The highest BCUT2D eigenvalue weighted by atomic mass is 19.4. The number of anilines is 1. The van der Waals surface area contributed by atoms with Gasteiger partial charge in [0.05, 0.1) is 11.3 Å². The van der Waals surface area contributed by atoms with Crippen LogP contribution in [0.25, 0.3) is 11.3 Å². The number of hydrogen-bond acceptors (Lipinski definition) is 6. The van der Waals surface area contributed by atoms with E-state index in [-0.39, 0.29) is 17.3 Å². The first-order valence-electron chi connectivity index (χ1n) is 7.85. The van der Waals surface area contributed by atoms with Gasteiger partial charge in [0.1, 0.15) is 11.4 Å². The first kappa shape index (κ1) is 17.4. The third-order valence-electron chi connectivity index (χ3n) is 4.26. The Morgan fingerprint density at radius 3 is 2.56 bits per heavy atom. The third kappa shape index (κ3) is 3.81. The Morgan fingerprint density at radius 2 is 2.00 bits per heavy atom. The van der Waals surface area contributed by atoms with Crippen LogP contribution >= 0.6 is 0 Å². The van der Waals surface area contributed by atoms with Gasteiger partial charge < -0.3 is 16.2 Å². The number of phenols is 1. The SMILES string of the molecule is Cc1nc(NC[C@H]2C[C@@H](N)C2)nnc1-c1ccc(C(F)(F)F)cc1O. The molecule has 0 spiro atoms. The molecule has 0 amide bonds. The smallest absolute Gasteiger partial charge is 0.416 e. The van der Waals surface area contributed by atoms with Crippen LogP contribution in [0.1, 0.15) is 24.1 Å². The van der Waals surface area contributed by atoms with Crippen molar-refractivity contribution in [3.8, 4) is 17.0 Å². The summed E-state index contributed by atoms with van der Waals surface area (Å²) >= 11 is 0. The Labute approximate surface area is 142 Å². The summed E-state index contributed by atoms with van der Waals surface area (Å²) in [6, 6.07) is 2.99. The molecule has 9 heteroatoms. The average molecular weight is 353 g/mol. The minimum Gasteiger partial charge on any atom is -0.507 e. The molecule has 1 fully saturated rings. The highest BCUT2D eigenvalue weighted by Crippen LogP contribution is 2.36. The number of halogens is 3. The number of benzene rings is 1. The first-order chi connectivity index (χ1) is 11.7. The van der Waals surface area contributed by atoms with Crippen molar-refractivity contribution in [3.05, 3.63) is 29.5 Å². The fraction of sp³-hybridized carbons (Fsp3) is 0.438. The van der Waals surface area contributed by atoms with Crippen molar-refractivity contribution in [2.45, 2.75) is 32.0 Å². The van der Waals surface area contributed by atoms with Crippen molar-refractivity contribution in [1.82, 2.24) is 15.2 Å². The van der Waals surface area contributed by atoms with Crippen molar-refractivity contribution < 1.29 is 18.3 Å². The van der Waals surface area contributed by atoms with Crippen LogP contribution in [0.4, 0.5) is 19.1 Å². The zero-order chi connectivity index (χ0) is 18.2. The van der Waals surface area contributed by atoms with E-state index in [0.717, 1.165) is 18.9 Å². The van der Waals surface area contributed by atoms with Crippen molar-refractivity contribution in [1.29, 1.82) is 0 Å². The number of rotatable bonds is 4. The van der Waals surface area contributed by atoms with Crippen LogP contribution < -0.4 is 11.1 Å². The molecular weight excluding hydrogens is 335 g/mol. The van der Waals surface area contributed by atoms with Crippen molar-refractivity contribution >= 4 is 5.95 Å². The molecule has 2 aromatic rings. The van der Waals surface area contributed by atoms with Gasteiger partial charge in [-0.05, 0) is 43.9 Å². The minimum atomic E-state index is -4.52. The molecule has 1 saturated carbocycles. The van der Waals surface area contributed by atoms with Crippen molar-refractivity contribution in [3.63, 3.8) is 0 Å². The number of hydrogen-bond donors (Lipinski definition) is 3. The Kier molecular flexibility index (Phi) is 4.51. The second-order valence-corrected chi connectivity index (χ2v) is 6.28. The lowest BCUT2D eigenvalue weighted by Gasteiger charge is -2.32. The molecule has 1 heterocycles. The first-order valence-corrected chi connectivity index (χ1v) is 7.85. The molecule has 1 aromatic carbocycles. The zero-order valence-electron chi connectivity index (χ0n) is 13.5. The summed E-state index contributed by atoms with van der Waals surface area (Å²) in [4.78, 5) is 4.26. The van der Waals surface area contributed by atoms with Crippen molar-refractivity contribution in [2.24, 2.45) is 11.7 Å². The molecule has 0 aliphatic heterocycles. The number of phenolic OH excluding ortho intramolecular Hbond substituents is 1. The maximum absolute atomic E-state index is 12.7. The number of nitrogens with zero attached hydrogens (tertiary/aromatic N) is 3. The van der Waals surface area contributed by atoms with Crippen LogP contribution in [0, 0.1) is 12.8 Å². The van der Waals surface area contributed by atoms with Gasteiger partial charge in [-0.1, -0.05) is 0 Å². The van der Waals surface area contributed by atoms with Gasteiger partial charge in [-0.15, -0.1) is 10.2 Å². The van der Waals surface area contributed by atoms with E-state index in [9.17, 15) is 18.3 Å². The van der Waals surface area contributed by atoms with E-state index in [1.165, 1.54) is 6.07 Å². The summed E-state index contributed by atoms with van der Waals surface area (Å²) in [5.74, 6) is 0.309. The van der Waals surface area contributed by atoms with Gasteiger partial charge in [-0.2, -0.15) is 13.2 Å². The van der Waals surface area contributed by atoms with E-state index in [4.69, 9.17) is 5.73 Å². The monoisotopic (exact) mass is 353 g/mol. The van der Waals surface area contributed by atoms with Gasteiger partial charge in [0, 0.05) is 18.2 Å². The standard InChI is InChI=1S/C16H18F3N5O/c1-8-14(12-3-2-10(6-13(12)25)16(17,18)19)23-24-15(22-8)21-7-9-4-11(20)5-9/h2-3,6,9,11,25H,4-5,7,20H2,1H3,(H,21,22,24)/t9-,11+. The number of aromatic hydroxyl groups is 1. The van der Waals surface area contributed by atoms with Gasteiger partial charge in [0.2, 0.25) is 5.95 Å². The van der Waals surface area contributed by atoms with E-state index in [0.29, 0.717) is 30.2 Å². The molecule has 6 nitrogen and oxygen atoms in total. The quantitative estimate of drug-likeness (QED) is 0.782. The van der Waals surface area contributed by atoms with Gasteiger partial charge in [-0.3, -0.25) is 0 Å². The maximum atomic E-state index is 12.7. The highest BCUT2D eigenvalue weighted by Gasteiger charge is 2.31. The molecule has 4 N–H and O–H groups in total. The third-order valence-corrected chi connectivity index (χ3v) is 4.26. The lowest BCUT2D eigenvalue weighted by molar-refractivity contribution is -0.137. The number of alkyl halides is 3. The Bertz CT molecular complexity index is 775. The fourth-order valence-electron chi connectivity index (χ4n) is 2.83. The highest BCUT2D eigenvalue weighted by molar-refractivity contribution is 5.69. The number of aromatic nitrogens is 3. The second-order valence-electron chi connectivity index (χ2n) is 6.28. The summed E-state index contributed by atoms with van der Waals surface area (Å²) in [5.41, 5.74) is 5.66. The van der Waals surface area contributed by atoms with Crippen LogP contribution in [0.2, 0.25) is 0 Å². The fourth-order valence-corrected chi connectivity index (χ4v) is 2.83. The van der Waals surface area contributed by atoms with Crippen LogP contribution in [-0.2, 0) is 6.18 Å². The molecule has 3 rings (SSSR count). The second kappa shape index (κ2) is 6.47. The Morgan fingerprint density at radius 1 is 1.28 bits per heavy atom. The van der Waals surface area contributed by atoms with Gasteiger partial charge in [-0.25, -0.2) is 4.98 Å². The molecule has 0 radical (unpaired) electrons. The average Bonchev–Trinajstić information content (AvgIpc) is 2.50. The molecule has 0 atom stereocenters.